The van der Waals surface area contributed by atoms with Crippen LogP contribution in [0, 0.1) is 24.2 Å². The van der Waals surface area contributed by atoms with Gasteiger partial charge in [0.1, 0.15) is 0 Å². The molecule has 0 bridgehead atoms. The molecule has 3 atom stereocenters. The smallest absolute Gasteiger partial charge is 0.0712 e. The summed E-state index contributed by atoms with van der Waals surface area (Å²) in [5.74, 6) is 4.18. The van der Waals surface area contributed by atoms with Gasteiger partial charge in [-0.25, -0.2) is 0 Å². The zero-order valence-corrected chi connectivity index (χ0v) is 9.01. The van der Waals surface area contributed by atoms with Crippen molar-refractivity contribution in [2.75, 3.05) is 0 Å². The minimum Gasteiger partial charge on any atom is -0.300 e. The van der Waals surface area contributed by atoms with E-state index in [-0.39, 0.29) is 6.04 Å². The van der Waals surface area contributed by atoms with E-state index in [1.807, 2.05) is 0 Å². The first-order valence-electron chi connectivity index (χ1n) is 5.37. The van der Waals surface area contributed by atoms with Crippen LogP contribution in [0.2, 0.25) is 0 Å². The van der Waals surface area contributed by atoms with E-state index in [2.05, 4.69) is 32.0 Å². The van der Waals surface area contributed by atoms with E-state index in [1.165, 1.54) is 19.3 Å². The zero-order chi connectivity index (χ0) is 9.84. The summed E-state index contributed by atoms with van der Waals surface area (Å²) in [5.41, 5.74) is 0. The lowest BCUT2D eigenvalue weighted by atomic mass is 10.0. The first kappa shape index (κ1) is 10.6. The SMILES string of the molecule is C#CC(NC1CCCC1C)C(C)C. The summed E-state index contributed by atoms with van der Waals surface area (Å²) < 4.78 is 0. The second-order valence-electron chi connectivity index (χ2n) is 4.57. The Morgan fingerprint density at radius 1 is 1.38 bits per heavy atom. The molecular formula is C12H21N. The van der Waals surface area contributed by atoms with Crippen LogP contribution >= 0.6 is 0 Å². The van der Waals surface area contributed by atoms with Crippen molar-refractivity contribution in [1.82, 2.24) is 5.32 Å². The number of hydrogen-bond donors (Lipinski definition) is 1. The molecule has 1 aliphatic carbocycles. The Morgan fingerprint density at radius 3 is 2.46 bits per heavy atom. The number of hydrogen-bond acceptors (Lipinski definition) is 1. The lowest BCUT2D eigenvalue weighted by Crippen LogP contribution is -2.41. The fraction of sp³-hybridized carbons (Fsp3) is 0.833. The molecule has 1 heteroatoms. The van der Waals surface area contributed by atoms with E-state index in [0.717, 1.165) is 5.92 Å². The summed E-state index contributed by atoms with van der Waals surface area (Å²) in [7, 11) is 0. The fourth-order valence-corrected chi connectivity index (χ4v) is 2.06. The predicted octanol–water partition coefficient (Wildman–Crippen LogP) is 2.42. The molecule has 74 valence electrons. The molecular weight excluding hydrogens is 158 g/mol. The van der Waals surface area contributed by atoms with Gasteiger partial charge in [0.15, 0.2) is 0 Å². The largest absolute Gasteiger partial charge is 0.300 e. The third-order valence-corrected chi connectivity index (χ3v) is 3.10. The molecule has 0 saturated heterocycles. The Morgan fingerprint density at radius 2 is 2.08 bits per heavy atom. The molecule has 1 fully saturated rings. The molecule has 0 aliphatic heterocycles. The van der Waals surface area contributed by atoms with E-state index in [4.69, 9.17) is 6.42 Å². The standard InChI is InChI=1S/C12H21N/c1-5-11(9(2)3)13-12-8-6-7-10(12)4/h1,9-13H,6-8H2,2-4H3. The van der Waals surface area contributed by atoms with E-state index >= 15 is 0 Å². The van der Waals surface area contributed by atoms with Gasteiger partial charge in [0.2, 0.25) is 0 Å². The van der Waals surface area contributed by atoms with Crippen LogP contribution in [-0.2, 0) is 0 Å². The quantitative estimate of drug-likeness (QED) is 0.656. The van der Waals surface area contributed by atoms with E-state index in [9.17, 15) is 0 Å². The van der Waals surface area contributed by atoms with Crippen LogP contribution in [0.3, 0.4) is 0 Å². The summed E-state index contributed by atoms with van der Waals surface area (Å²) in [4.78, 5) is 0. The molecule has 0 aromatic rings. The maximum absolute atomic E-state index is 5.48. The van der Waals surface area contributed by atoms with Gasteiger partial charge in [0.05, 0.1) is 6.04 Å². The second kappa shape index (κ2) is 4.67. The van der Waals surface area contributed by atoms with Gasteiger partial charge in [-0.05, 0) is 24.7 Å². The Bertz CT molecular complexity index is 190. The number of terminal acetylenes is 1. The normalized spacial score (nSPS) is 30.4. The van der Waals surface area contributed by atoms with Crippen LogP contribution in [0.4, 0.5) is 0 Å². The van der Waals surface area contributed by atoms with Crippen LogP contribution in [0.25, 0.3) is 0 Å². The van der Waals surface area contributed by atoms with Crippen molar-refractivity contribution in [1.29, 1.82) is 0 Å². The third kappa shape index (κ3) is 2.74. The van der Waals surface area contributed by atoms with Crippen molar-refractivity contribution >= 4 is 0 Å². The average Bonchev–Trinajstić information content (AvgIpc) is 2.46. The van der Waals surface area contributed by atoms with Crippen LogP contribution in [0.15, 0.2) is 0 Å². The molecule has 0 heterocycles. The molecule has 0 spiro atoms. The van der Waals surface area contributed by atoms with Crippen LogP contribution < -0.4 is 5.32 Å². The Kier molecular flexibility index (Phi) is 3.81. The molecule has 3 unspecified atom stereocenters. The average molecular weight is 179 g/mol. The highest BCUT2D eigenvalue weighted by Gasteiger charge is 2.25. The van der Waals surface area contributed by atoms with Gasteiger partial charge in [-0.1, -0.05) is 33.1 Å². The van der Waals surface area contributed by atoms with E-state index < -0.39 is 0 Å². The van der Waals surface area contributed by atoms with Gasteiger partial charge in [0.25, 0.3) is 0 Å². The predicted molar refractivity (Wildman–Crippen MR) is 57.4 cm³/mol. The van der Waals surface area contributed by atoms with Crippen molar-refractivity contribution < 1.29 is 0 Å². The highest BCUT2D eigenvalue weighted by molar-refractivity contribution is 5.02. The molecule has 0 amide bonds. The Balaban J connectivity index is 2.42. The Labute approximate surface area is 82.3 Å². The summed E-state index contributed by atoms with van der Waals surface area (Å²) in [6.07, 6.45) is 9.49. The topological polar surface area (TPSA) is 12.0 Å². The highest BCUT2D eigenvalue weighted by atomic mass is 15.0. The van der Waals surface area contributed by atoms with Crippen molar-refractivity contribution in [3.63, 3.8) is 0 Å². The molecule has 0 aromatic heterocycles. The molecule has 1 nitrogen and oxygen atoms in total. The molecule has 0 aromatic carbocycles. The summed E-state index contributed by atoms with van der Waals surface area (Å²) >= 11 is 0. The third-order valence-electron chi connectivity index (χ3n) is 3.10. The van der Waals surface area contributed by atoms with Gasteiger partial charge in [-0.15, -0.1) is 6.42 Å². The zero-order valence-electron chi connectivity index (χ0n) is 9.01. The van der Waals surface area contributed by atoms with E-state index in [1.54, 1.807) is 0 Å². The van der Waals surface area contributed by atoms with Gasteiger partial charge in [-0.3, -0.25) is 0 Å². The van der Waals surface area contributed by atoms with Crippen molar-refractivity contribution in [2.45, 2.75) is 52.1 Å². The molecule has 1 saturated carbocycles. The summed E-state index contributed by atoms with van der Waals surface area (Å²) in [6, 6.07) is 0.911. The summed E-state index contributed by atoms with van der Waals surface area (Å²) in [6.45, 7) is 6.67. The van der Waals surface area contributed by atoms with Crippen LogP contribution in [-0.4, -0.2) is 12.1 Å². The minimum absolute atomic E-state index is 0.255. The molecule has 1 aliphatic rings. The van der Waals surface area contributed by atoms with Crippen LogP contribution in [0.1, 0.15) is 40.0 Å². The first-order valence-corrected chi connectivity index (χ1v) is 5.37. The molecule has 13 heavy (non-hydrogen) atoms. The fourth-order valence-electron chi connectivity index (χ4n) is 2.06. The van der Waals surface area contributed by atoms with Crippen molar-refractivity contribution in [3.8, 4) is 12.3 Å². The van der Waals surface area contributed by atoms with Crippen molar-refractivity contribution in [2.24, 2.45) is 11.8 Å². The lowest BCUT2D eigenvalue weighted by Gasteiger charge is -2.24. The van der Waals surface area contributed by atoms with Gasteiger partial charge in [-0.2, -0.15) is 0 Å². The number of nitrogens with one attached hydrogen (secondary N) is 1. The lowest BCUT2D eigenvalue weighted by molar-refractivity contribution is 0.362. The highest BCUT2D eigenvalue weighted by Crippen LogP contribution is 2.25. The van der Waals surface area contributed by atoms with Gasteiger partial charge < -0.3 is 5.32 Å². The molecule has 0 radical (unpaired) electrons. The van der Waals surface area contributed by atoms with E-state index in [0.29, 0.717) is 12.0 Å². The molecule has 1 N–H and O–H groups in total. The van der Waals surface area contributed by atoms with Crippen molar-refractivity contribution in [3.05, 3.63) is 0 Å². The van der Waals surface area contributed by atoms with Crippen LogP contribution in [0.5, 0.6) is 0 Å². The summed E-state index contributed by atoms with van der Waals surface area (Å²) in [5, 5.41) is 3.58. The van der Waals surface area contributed by atoms with Gasteiger partial charge in [0, 0.05) is 6.04 Å². The Hall–Kier alpha value is -0.480. The number of rotatable bonds is 3. The first-order chi connectivity index (χ1) is 6.15. The van der Waals surface area contributed by atoms with Gasteiger partial charge >= 0.3 is 0 Å². The second-order valence-corrected chi connectivity index (χ2v) is 4.57. The maximum Gasteiger partial charge on any atom is 0.0712 e. The molecule has 1 rings (SSSR count). The maximum atomic E-state index is 5.48. The monoisotopic (exact) mass is 179 g/mol. The minimum atomic E-state index is 0.255.